The molecule has 0 spiro atoms. The lowest BCUT2D eigenvalue weighted by molar-refractivity contribution is 0.126. The molecule has 0 fully saturated rings. The van der Waals surface area contributed by atoms with Crippen LogP contribution in [0.5, 0.6) is 0 Å². The van der Waals surface area contributed by atoms with Gasteiger partial charge in [0.2, 0.25) is 5.90 Å². The first-order valence-electron chi connectivity index (χ1n) is 9.34. The van der Waals surface area contributed by atoms with Crippen LogP contribution in [0.2, 0.25) is 0 Å². The van der Waals surface area contributed by atoms with Crippen LogP contribution in [-0.4, -0.2) is 35.7 Å². The molecule has 2 aromatic carbocycles. The van der Waals surface area contributed by atoms with Gasteiger partial charge in [-0.05, 0) is 41.0 Å². The molecule has 0 saturated carbocycles. The number of hydrogen-bond acceptors (Lipinski definition) is 5. The summed E-state index contributed by atoms with van der Waals surface area (Å²) in [5, 5.41) is 14.1. The van der Waals surface area contributed by atoms with E-state index in [0.717, 1.165) is 33.7 Å². The van der Waals surface area contributed by atoms with Gasteiger partial charge in [0.25, 0.3) is 0 Å². The average molecular weight is 410 g/mol. The van der Waals surface area contributed by atoms with E-state index in [-0.39, 0.29) is 6.04 Å². The van der Waals surface area contributed by atoms with Gasteiger partial charge in [-0.2, -0.15) is 11.8 Å². The highest BCUT2D eigenvalue weighted by Gasteiger charge is 2.38. The Kier molecular flexibility index (Phi) is 5.85. The Labute approximate surface area is 174 Å². The number of benzene rings is 2. The minimum absolute atomic E-state index is 0.193. The molecule has 0 radical (unpaired) electrons. The lowest BCUT2D eigenvalue weighted by atomic mass is 9.80. The highest BCUT2D eigenvalue weighted by atomic mass is 32.2. The van der Waals surface area contributed by atoms with Crippen molar-refractivity contribution in [1.29, 1.82) is 0 Å². The Hall–Kier alpha value is -2.08. The molecule has 1 aliphatic heterocycles. The predicted octanol–water partition coefficient (Wildman–Crippen LogP) is 4.93. The van der Waals surface area contributed by atoms with Crippen molar-refractivity contribution in [2.24, 2.45) is 4.99 Å². The zero-order chi connectivity index (χ0) is 19.4. The zero-order valence-corrected chi connectivity index (χ0v) is 17.4. The molecule has 1 atom stereocenters. The first-order valence-corrected chi connectivity index (χ1v) is 11.6. The van der Waals surface area contributed by atoms with Crippen molar-refractivity contribution in [2.45, 2.75) is 18.1 Å². The second-order valence-corrected chi connectivity index (χ2v) is 8.69. The molecule has 144 valence electrons. The molecule has 0 amide bonds. The molecule has 0 aliphatic carbocycles. The molecule has 0 saturated heterocycles. The summed E-state index contributed by atoms with van der Waals surface area (Å²) in [6.07, 6.45) is 3.12. The summed E-state index contributed by atoms with van der Waals surface area (Å²) in [6.45, 7) is 0.613. The fourth-order valence-electron chi connectivity index (χ4n) is 3.54. The van der Waals surface area contributed by atoms with Crippen molar-refractivity contribution in [3.8, 4) is 0 Å². The summed E-state index contributed by atoms with van der Waals surface area (Å²) in [5.74, 6) is 1.72. The maximum atomic E-state index is 12.1. The third-order valence-corrected chi connectivity index (χ3v) is 6.55. The molecule has 4 rings (SSSR count). The zero-order valence-electron chi connectivity index (χ0n) is 15.7. The minimum atomic E-state index is -1.26. The van der Waals surface area contributed by atoms with Crippen LogP contribution in [0.1, 0.15) is 28.0 Å². The summed E-state index contributed by atoms with van der Waals surface area (Å²) in [5.41, 5.74) is 1.22. The minimum Gasteiger partial charge on any atom is -0.475 e. The average Bonchev–Trinajstić information content (AvgIpc) is 3.42. The van der Waals surface area contributed by atoms with E-state index in [0.29, 0.717) is 12.5 Å². The highest BCUT2D eigenvalue weighted by Crippen LogP contribution is 2.40. The number of aliphatic hydroxyl groups is 1. The van der Waals surface area contributed by atoms with Gasteiger partial charge >= 0.3 is 0 Å². The molecular weight excluding hydrogens is 386 g/mol. The number of thioether (sulfide) groups is 1. The van der Waals surface area contributed by atoms with Gasteiger partial charge in [0, 0.05) is 5.56 Å². The van der Waals surface area contributed by atoms with E-state index in [9.17, 15) is 5.11 Å². The van der Waals surface area contributed by atoms with Crippen LogP contribution in [0.25, 0.3) is 0 Å². The summed E-state index contributed by atoms with van der Waals surface area (Å²) in [6, 6.07) is 21.8. The van der Waals surface area contributed by atoms with Crippen LogP contribution in [0.4, 0.5) is 0 Å². The van der Waals surface area contributed by atoms with Crippen LogP contribution in [0.3, 0.4) is 0 Å². The van der Waals surface area contributed by atoms with E-state index < -0.39 is 5.60 Å². The molecule has 0 unspecified atom stereocenters. The number of thiophene rings is 1. The van der Waals surface area contributed by atoms with Crippen molar-refractivity contribution in [1.82, 2.24) is 0 Å². The monoisotopic (exact) mass is 409 g/mol. The smallest absolute Gasteiger partial charge is 0.227 e. The Bertz CT molecular complexity index is 898. The summed E-state index contributed by atoms with van der Waals surface area (Å²) >= 11 is 3.39. The van der Waals surface area contributed by atoms with Crippen molar-refractivity contribution < 1.29 is 9.84 Å². The predicted molar refractivity (Wildman–Crippen MR) is 119 cm³/mol. The van der Waals surface area contributed by atoms with Gasteiger partial charge in [-0.1, -0.05) is 60.7 Å². The molecule has 2 heterocycles. The Morgan fingerprint density at radius 2 is 1.71 bits per heavy atom. The maximum absolute atomic E-state index is 12.1. The van der Waals surface area contributed by atoms with E-state index in [1.165, 1.54) is 0 Å². The second kappa shape index (κ2) is 8.52. The lowest BCUT2D eigenvalue weighted by Crippen LogP contribution is -2.30. The molecular formula is C23H23NO2S2. The van der Waals surface area contributed by atoms with Gasteiger partial charge in [0.15, 0.2) is 0 Å². The largest absolute Gasteiger partial charge is 0.475 e. The maximum Gasteiger partial charge on any atom is 0.227 e. The van der Waals surface area contributed by atoms with Crippen LogP contribution >= 0.6 is 23.1 Å². The number of nitrogens with zero attached hydrogens (tertiary/aromatic N) is 1. The first-order chi connectivity index (χ1) is 13.7. The molecule has 3 nitrogen and oxygen atoms in total. The lowest BCUT2D eigenvalue weighted by Gasteiger charge is -2.30. The molecule has 5 heteroatoms. The van der Waals surface area contributed by atoms with Crippen LogP contribution < -0.4 is 0 Å². The molecule has 1 aromatic heterocycles. The third kappa shape index (κ3) is 3.62. The quantitative estimate of drug-likeness (QED) is 0.602. The number of rotatable bonds is 7. The topological polar surface area (TPSA) is 41.8 Å². The third-order valence-electron chi connectivity index (χ3n) is 5.00. The molecule has 0 bridgehead atoms. The van der Waals surface area contributed by atoms with E-state index in [2.05, 4.69) is 6.26 Å². The van der Waals surface area contributed by atoms with Crippen molar-refractivity contribution in [3.05, 3.63) is 93.7 Å². The van der Waals surface area contributed by atoms with Crippen LogP contribution in [0.15, 0.2) is 77.1 Å². The number of aliphatic imine (C=N–C) groups is 1. The van der Waals surface area contributed by atoms with E-state index >= 15 is 0 Å². The van der Waals surface area contributed by atoms with E-state index in [1.807, 2.05) is 83.9 Å². The van der Waals surface area contributed by atoms with Crippen molar-refractivity contribution >= 4 is 29.0 Å². The number of ether oxygens (including phenoxy) is 1. The molecule has 3 aromatic rings. The molecule has 1 N–H and O–H groups in total. The van der Waals surface area contributed by atoms with Gasteiger partial charge in [-0.3, -0.25) is 0 Å². The number of hydrogen-bond donors (Lipinski definition) is 1. The van der Waals surface area contributed by atoms with Crippen LogP contribution in [-0.2, 0) is 10.3 Å². The fourth-order valence-corrected chi connectivity index (χ4v) is 4.94. The Balaban J connectivity index is 1.79. The highest BCUT2D eigenvalue weighted by molar-refractivity contribution is 7.98. The van der Waals surface area contributed by atoms with Gasteiger partial charge < -0.3 is 9.84 Å². The Morgan fingerprint density at radius 1 is 1.07 bits per heavy atom. The van der Waals surface area contributed by atoms with E-state index in [1.54, 1.807) is 11.3 Å². The summed E-state index contributed by atoms with van der Waals surface area (Å²) < 4.78 is 5.95. The van der Waals surface area contributed by atoms with Gasteiger partial charge in [0.1, 0.15) is 12.2 Å². The molecule has 1 aliphatic rings. The van der Waals surface area contributed by atoms with Crippen molar-refractivity contribution in [3.63, 3.8) is 0 Å². The Morgan fingerprint density at radius 3 is 2.32 bits per heavy atom. The summed E-state index contributed by atoms with van der Waals surface area (Å²) in [7, 11) is 0. The fraction of sp³-hybridized carbons (Fsp3) is 0.261. The van der Waals surface area contributed by atoms with E-state index in [4.69, 9.17) is 9.73 Å². The first kappa shape index (κ1) is 19.2. The van der Waals surface area contributed by atoms with Gasteiger partial charge in [0.05, 0.1) is 10.9 Å². The van der Waals surface area contributed by atoms with Gasteiger partial charge in [-0.25, -0.2) is 4.99 Å². The second-order valence-electron chi connectivity index (χ2n) is 6.79. The summed E-state index contributed by atoms with van der Waals surface area (Å²) in [4.78, 5) is 5.71. The van der Waals surface area contributed by atoms with Crippen LogP contribution in [0, 0.1) is 0 Å². The SMILES string of the molecule is CSCC[C@H]1COC(c2sccc2C(O)(c2ccccc2)c2ccccc2)=N1. The normalized spacial score (nSPS) is 16.6. The van der Waals surface area contributed by atoms with Gasteiger partial charge in [-0.15, -0.1) is 11.3 Å². The molecule has 28 heavy (non-hydrogen) atoms. The standard InChI is InChI=1S/C23H23NO2S2/c1-27-14-12-19-16-26-22(24-19)21-20(13-15-28-21)23(25,17-8-4-2-5-9-17)18-10-6-3-7-11-18/h2-11,13,15,19,25H,12,14,16H2,1H3/t19-/m0/s1. The van der Waals surface area contributed by atoms with Crippen molar-refractivity contribution in [2.75, 3.05) is 18.6 Å².